The molecule has 0 aliphatic carbocycles. The van der Waals surface area contributed by atoms with Gasteiger partial charge in [0.05, 0.1) is 6.10 Å². The molecule has 0 aliphatic heterocycles. The van der Waals surface area contributed by atoms with E-state index in [1.165, 1.54) is 12.1 Å². The van der Waals surface area contributed by atoms with Crippen LogP contribution in [0.3, 0.4) is 0 Å². The lowest BCUT2D eigenvalue weighted by atomic mass is 10.1. The first-order valence-electron chi connectivity index (χ1n) is 6.41. The number of hydrogen-bond acceptors (Lipinski definition) is 2. The van der Waals surface area contributed by atoms with Crippen LogP contribution in [0.2, 0.25) is 0 Å². The van der Waals surface area contributed by atoms with Gasteiger partial charge in [-0.2, -0.15) is 0 Å². The fourth-order valence-electron chi connectivity index (χ4n) is 2.07. The molecule has 20 heavy (non-hydrogen) atoms. The maximum absolute atomic E-state index is 12.8. The highest BCUT2D eigenvalue weighted by atomic mass is 79.9. The molecule has 0 saturated carbocycles. The standard InChI is InChI=1S/C16H17BrFNO/c1-10-7-14(8-11(2)16(10)17)19-9-15(20)12-3-5-13(18)6-4-12/h3-8,15,19-20H,9H2,1-2H3. The van der Waals surface area contributed by atoms with Gasteiger partial charge in [-0.25, -0.2) is 4.39 Å². The van der Waals surface area contributed by atoms with Crippen LogP contribution in [-0.4, -0.2) is 11.7 Å². The van der Waals surface area contributed by atoms with Gasteiger partial charge in [-0.1, -0.05) is 28.1 Å². The van der Waals surface area contributed by atoms with Crippen molar-refractivity contribution in [2.24, 2.45) is 0 Å². The molecular formula is C16H17BrFNO. The first-order valence-corrected chi connectivity index (χ1v) is 7.21. The number of anilines is 1. The first kappa shape index (κ1) is 15.0. The molecular weight excluding hydrogens is 321 g/mol. The third-order valence-corrected chi connectivity index (χ3v) is 4.44. The Hall–Kier alpha value is -1.39. The lowest BCUT2D eigenvalue weighted by molar-refractivity contribution is 0.191. The fourth-order valence-corrected chi connectivity index (χ4v) is 2.29. The number of aryl methyl sites for hydroxylation is 2. The van der Waals surface area contributed by atoms with Crippen molar-refractivity contribution in [1.82, 2.24) is 0 Å². The molecule has 2 rings (SSSR count). The molecule has 0 radical (unpaired) electrons. The van der Waals surface area contributed by atoms with Crippen molar-refractivity contribution < 1.29 is 9.50 Å². The topological polar surface area (TPSA) is 32.3 Å². The number of aliphatic hydroxyl groups excluding tert-OH is 1. The van der Waals surface area contributed by atoms with Crippen LogP contribution in [0, 0.1) is 19.7 Å². The Kier molecular flexibility index (Phi) is 4.78. The largest absolute Gasteiger partial charge is 0.387 e. The van der Waals surface area contributed by atoms with Crippen LogP contribution in [0.15, 0.2) is 40.9 Å². The van der Waals surface area contributed by atoms with E-state index in [1.807, 2.05) is 26.0 Å². The highest BCUT2D eigenvalue weighted by Gasteiger charge is 2.08. The summed E-state index contributed by atoms with van der Waals surface area (Å²) in [4.78, 5) is 0. The number of halogens is 2. The summed E-state index contributed by atoms with van der Waals surface area (Å²) in [6.45, 7) is 4.43. The second-order valence-corrected chi connectivity index (χ2v) is 5.67. The maximum Gasteiger partial charge on any atom is 0.123 e. The second kappa shape index (κ2) is 6.37. The molecule has 2 N–H and O–H groups in total. The summed E-state index contributed by atoms with van der Waals surface area (Å²) in [6.07, 6.45) is -0.667. The van der Waals surface area contributed by atoms with Gasteiger partial charge in [0.25, 0.3) is 0 Å². The monoisotopic (exact) mass is 337 g/mol. The molecule has 2 aromatic rings. The van der Waals surface area contributed by atoms with Crippen LogP contribution in [0.1, 0.15) is 22.8 Å². The molecule has 106 valence electrons. The van der Waals surface area contributed by atoms with Crippen molar-refractivity contribution >= 4 is 21.6 Å². The Morgan fingerprint density at radius 2 is 1.70 bits per heavy atom. The van der Waals surface area contributed by atoms with Gasteiger partial charge in [-0.3, -0.25) is 0 Å². The molecule has 1 unspecified atom stereocenters. The lowest BCUT2D eigenvalue weighted by Crippen LogP contribution is -2.12. The van der Waals surface area contributed by atoms with Gasteiger partial charge in [-0.15, -0.1) is 0 Å². The van der Waals surface area contributed by atoms with Gasteiger partial charge >= 0.3 is 0 Å². The molecule has 2 nitrogen and oxygen atoms in total. The highest BCUT2D eigenvalue weighted by molar-refractivity contribution is 9.10. The van der Waals surface area contributed by atoms with Crippen LogP contribution >= 0.6 is 15.9 Å². The number of benzene rings is 2. The van der Waals surface area contributed by atoms with Gasteiger partial charge in [0.2, 0.25) is 0 Å². The van der Waals surface area contributed by atoms with Gasteiger partial charge in [-0.05, 0) is 54.8 Å². The molecule has 0 aromatic heterocycles. The quantitative estimate of drug-likeness (QED) is 0.869. The molecule has 0 heterocycles. The normalized spacial score (nSPS) is 12.2. The lowest BCUT2D eigenvalue weighted by Gasteiger charge is -2.15. The Labute approximate surface area is 126 Å². The van der Waals surface area contributed by atoms with Crippen molar-refractivity contribution in [3.8, 4) is 0 Å². The van der Waals surface area contributed by atoms with Crippen LogP contribution in [0.5, 0.6) is 0 Å². The van der Waals surface area contributed by atoms with Crippen molar-refractivity contribution in [3.63, 3.8) is 0 Å². The van der Waals surface area contributed by atoms with E-state index in [0.29, 0.717) is 12.1 Å². The minimum Gasteiger partial charge on any atom is -0.387 e. The van der Waals surface area contributed by atoms with Gasteiger partial charge < -0.3 is 10.4 Å². The van der Waals surface area contributed by atoms with E-state index in [-0.39, 0.29) is 5.82 Å². The Morgan fingerprint density at radius 1 is 1.15 bits per heavy atom. The van der Waals surface area contributed by atoms with Crippen LogP contribution < -0.4 is 5.32 Å². The zero-order chi connectivity index (χ0) is 14.7. The summed E-state index contributed by atoms with van der Waals surface area (Å²) in [6, 6.07) is 9.95. The predicted molar refractivity (Wildman–Crippen MR) is 83.5 cm³/mol. The Balaban J connectivity index is 2.03. The zero-order valence-electron chi connectivity index (χ0n) is 11.5. The van der Waals surface area contributed by atoms with E-state index in [0.717, 1.165) is 21.3 Å². The van der Waals surface area contributed by atoms with Gasteiger partial charge in [0.1, 0.15) is 5.82 Å². The number of hydrogen-bond donors (Lipinski definition) is 2. The van der Waals surface area contributed by atoms with Crippen molar-refractivity contribution in [3.05, 3.63) is 63.4 Å². The molecule has 4 heteroatoms. The van der Waals surface area contributed by atoms with E-state index in [1.54, 1.807) is 12.1 Å². The van der Waals surface area contributed by atoms with E-state index in [9.17, 15) is 9.50 Å². The summed E-state index contributed by atoms with van der Waals surface area (Å²) in [5.74, 6) is -0.298. The summed E-state index contributed by atoms with van der Waals surface area (Å²) in [7, 11) is 0. The van der Waals surface area contributed by atoms with E-state index < -0.39 is 6.10 Å². The SMILES string of the molecule is Cc1cc(NCC(O)c2ccc(F)cc2)cc(C)c1Br. The molecule has 0 spiro atoms. The minimum absolute atomic E-state index is 0.298. The van der Waals surface area contributed by atoms with Crippen LogP contribution in [0.25, 0.3) is 0 Å². The van der Waals surface area contributed by atoms with Crippen molar-refractivity contribution in [1.29, 1.82) is 0 Å². The molecule has 0 fully saturated rings. The van der Waals surface area contributed by atoms with E-state index in [2.05, 4.69) is 21.2 Å². The van der Waals surface area contributed by atoms with Crippen molar-refractivity contribution in [2.75, 3.05) is 11.9 Å². The number of rotatable bonds is 4. The Bertz CT molecular complexity index is 575. The average Bonchev–Trinajstić information content (AvgIpc) is 2.42. The molecule has 0 saturated heterocycles. The van der Waals surface area contributed by atoms with Gasteiger partial charge in [0, 0.05) is 16.7 Å². The molecule has 0 bridgehead atoms. The number of nitrogens with one attached hydrogen (secondary N) is 1. The molecule has 0 aliphatic rings. The summed E-state index contributed by atoms with van der Waals surface area (Å²) in [5.41, 5.74) is 3.95. The molecule has 2 aromatic carbocycles. The molecule has 1 atom stereocenters. The highest BCUT2D eigenvalue weighted by Crippen LogP contribution is 2.25. The summed E-state index contributed by atoms with van der Waals surface area (Å²) < 4.78 is 13.9. The van der Waals surface area contributed by atoms with Gasteiger partial charge in [0.15, 0.2) is 0 Å². The fraction of sp³-hybridized carbons (Fsp3) is 0.250. The van der Waals surface area contributed by atoms with E-state index in [4.69, 9.17) is 0 Å². The summed E-state index contributed by atoms with van der Waals surface area (Å²) >= 11 is 3.52. The Morgan fingerprint density at radius 3 is 2.25 bits per heavy atom. The maximum atomic E-state index is 12.8. The predicted octanol–water partition coefficient (Wildman–Crippen LogP) is 4.35. The summed E-state index contributed by atoms with van der Waals surface area (Å²) in [5, 5.41) is 13.3. The smallest absolute Gasteiger partial charge is 0.123 e. The third kappa shape index (κ3) is 3.58. The zero-order valence-corrected chi connectivity index (χ0v) is 13.0. The number of aliphatic hydroxyl groups is 1. The van der Waals surface area contributed by atoms with Crippen molar-refractivity contribution in [2.45, 2.75) is 20.0 Å². The first-order chi connectivity index (χ1) is 9.47. The average molecular weight is 338 g/mol. The van der Waals surface area contributed by atoms with Crippen LogP contribution in [0.4, 0.5) is 10.1 Å². The van der Waals surface area contributed by atoms with Crippen LogP contribution in [-0.2, 0) is 0 Å². The third-order valence-electron chi connectivity index (χ3n) is 3.19. The molecule has 0 amide bonds. The van der Waals surface area contributed by atoms with E-state index >= 15 is 0 Å². The minimum atomic E-state index is -0.667. The second-order valence-electron chi connectivity index (χ2n) is 4.87.